The Labute approximate surface area is 138 Å². The van der Waals surface area contributed by atoms with Crippen LogP contribution in [0.4, 0.5) is 0 Å². The van der Waals surface area contributed by atoms with E-state index in [2.05, 4.69) is 43.3 Å². The number of aryl methyl sites for hydroxylation is 1. The number of alkyl halides is 1. The number of rotatable bonds is 1. The monoisotopic (exact) mass is 345 g/mol. The molecule has 0 N–H and O–H groups in total. The molecule has 0 aliphatic heterocycles. The Morgan fingerprint density at radius 3 is 2.26 bits per heavy atom. The van der Waals surface area contributed by atoms with Crippen LogP contribution in [-0.4, -0.2) is 0 Å². The molecule has 19 heavy (non-hydrogen) atoms. The fourth-order valence-electron chi connectivity index (χ4n) is 1.89. The van der Waals surface area contributed by atoms with Gasteiger partial charge in [0.15, 0.2) is 0 Å². The Kier molecular flexibility index (Phi) is 7.20. The summed E-state index contributed by atoms with van der Waals surface area (Å²) in [5.74, 6) is 0.612. The summed E-state index contributed by atoms with van der Waals surface area (Å²) in [4.78, 5) is 0. The molecule has 3 aromatic carbocycles. The van der Waals surface area contributed by atoms with Crippen molar-refractivity contribution in [3.63, 3.8) is 0 Å². The Bertz CT molecular complexity index is 599. The molecule has 0 amide bonds. The number of benzene rings is 2. The van der Waals surface area contributed by atoms with Crippen LogP contribution in [0.3, 0.4) is 0 Å². The van der Waals surface area contributed by atoms with Crippen molar-refractivity contribution in [3.8, 4) is 0 Å². The predicted molar refractivity (Wildman–Crippen MR) is 80.3 cm³/mol. The molecule has 0 aliphatic rings. The molecule has 0 saturated carbocycles. The quantitative estimate of drug-likeness (QED) is 0.415. The molecule has 0 fully saturated rings. The van der Waals surface area contributed by atoms with Gasteiger partial charge in [-0.05, 0) is 12.5 Å². The normalized spacial score (nSPS) is 9.37. The van der Waals surface area contributed by atoms with Crippen LogP contribution in [-0.2, 0) is 32.1 Å². The average Bonchev–Trinajstić information content (AvgIpc) is 2.90. The van der Waals surface area contributed by atoms with Gasteiger partial charge in [0.05, 0.1) is 0 Å². The first-order valence-corrected chi connectivity index (χ1v) is 6.55. The van der Waals surface area contributed by atoms with Gasteiger partial charge < -0.3 is 0 Å². The fraction of sp³-hybridized carbons (Fsp3) is 0.118. The molecule has 0 unspecified atom stereocenters. The third kappa shape index (κ3) is 4.67. The summed E-state index contributed by atoms with van der Waals surface area (Å²) in [6.45, 7) is 2.14. The molecule has 0 heterocycles. The molecule has 0 aromatic heterocycles. The number of fused-ring (bicyclic) bond motifs is 1. The first-order chi connectivity index (χ1) is 8.81. The summed E-state index contributed by atoms with van der Waals surface area (Å²) >= 11 is 5.53. The molecule has 3 rings (SSSR count). The van der Waals surface area contributed by atoms with Crippen molar-refractivity contribution in [3.05, 3.63) is 77.9 Å². The van der Waals surface area contributed by atoms with Crippen LogP contribution in [0.25, 0.3) is 10.8 Å². The first-order valence-electron chi connectivity index (χ1n) is 6.02. The van der Waals surface area contributed by atoms with Crippen molar-refractivity contribution < 1.29 is 26.2 Å². The minimum absolute atomic E-state index is 0. The summed E-state index contributed by atoms with van der Waals surface area (Å²) in [6.07, 6.45) is 0. The number of hydrogen-bond donors (Lipinski definition) is 0. The fourth-order valence-corrected chi connectivity index (χ4v) is 2.07. The van der Waals surface area contributed by atoms with E-state index < -0.39 is 0 Å². The third-order valence-electron chi connectivity index (χ3n) is 2.89. The molecule has 0 spiro atoms. The zero-order valence-corrected chi connectivity index (χ0v) is 14.1. The maximum atomic E-state index is 5.53. The van der Waals surface area contributed by atoms with E-state index in [1.165, 1.54) is 21.9 Å². The predicted octanol–water partition coefficient (Wildman–Crippen LogP) is 5.29. The topological polar surface area (TPSA) is 0 Å². The zero-order valence-electron chi connectivity index (χ0n) is 10.9. The maximum absolute atomic E-state index is 5.53. The van der Waals surface area contributed by atoms with Crippen molar-refractivity contribution in [2.24, 2.45) is 0 Å². The minimum Gasteiger partial charge on any atom is -0.168 e. The smallest absolute Gasteiger partial charge is 0.0474 e. The number of halogens is 1. The average molecular weight is 347 g/mol. The van der Waals surface area contributed by atoms with Crippen LogP contribution in [0, 0.1) is 6.92 Å². The van der Waals surface area contributed by atoms with Gasteiger partial charge in [-0.3, -0.25) is 0 Å². The summed E-state index contributed by atoms with van der Waals surface area (Å²) in [6, 6.07) is 22.7. The van der Waals surface area contributed by atoms with Crippen molar-refractivity contribution >= 4 is 22.4 Å². The van der Waals surface area contributed by atoms with E-state index in [0.29, 0.717) is 5.88 Å². The van der Waals surface area contributed by atoms with Gasteiger partial charge in [-0.15, -0.1) is 40.6 Å². The molecule has 0 aliphatic carbocycles. The van der Waals surface area contributed by atoms with Crippen LogP contribution >= 0.6 is 11.6 Å². The Hall–Kier alpha value is -0.777. The van der Waals surface area contributed by atoms with Crippen molar-refractivity contribution in [1.29, 1.82) is 0 Å². The standard InChI is InChI=1S/C10H9.C7H7Cl.Zr/c1-8-4-2-5-9-6-3-7-10(8)9;8-6-7-4-2-1-3-5-7;/h2-7H,1H3;1-5H,6H2;/q-1;;. The molecule has 0 atom stereocenters. The third-order valence-corrected chi connectivity index (χ3v) is 3.20. The molecular weight excluding hydrogens is 331 g/mol. The van der Waals surface area contributed by atoms with E-state index in [1.54, 1.807) is 0 Å². The van der Waals surface area contributed by atoms with Crippen LogP contribution in [0.5, 0.6) is 0 Å². The van der Waals surface area contributed by atoms with Gasteiger partial charge in [-0.1, -0.05) is 42.0 Å². The van der Waals surface area contributed by atoms with Crippen molar-refractivity contribution in [1.82, 2.24) is 0 Å². The molecular formula is C17H16ClZr-. The largest absolute Gasteiger partial charge is 0.168 e. The van der Waals surface area contributed by atoms with Gasteiger partial charge in [-0.25, -0.2) is 0 Å². The van der Waals surface area contributed by atoms with Gasteiger partial charge in [0, 0.05) is 32.1 Å². The molecule has 2 heteroatoms. The van der Waals surface area contributed by atoms with Crippen molar-refractivity contribution in [2.45, 2.75) is 12.8 Å². The summed E-state index contributed by atoms with van der Waals surface area (Å²) in [5, 5.41) is 2.72. The van der Waals surface area contributed by atoms with Gasteiger partial charge in [0.2, 0.25) is 0 Å². The summed E-state index contributed by atoms with van der Waals surface area (Å²) < 4.78 is 0. The van der Waals surface area contributed by atoms with Crippen LogP contribution < -0.4 is 0 Å². The zero-order chi connectivity index (χ0) is 12.8. The SMILES string of the molecule is Cc1cccc2[cH-]ccc12.ClCc1ccccc1.[Zr]. The van der Waals surface area contributed by atoms with Gasteiger partial charge in [0.1, 0.15) is 0 Å². The Morgan fingerprint density at radius 1 is 0.947 bits per heavy atom. The minimum atomic E-state index is 0. The second-order valence-electron chi connectivity index (χ2n) is 4.22. The molecule has 96 valence electrons. The molecule has 0 radical (unpaired) electrons. The van der Waals surface area contributed by atoms with E-state index in [9.17, 15) is 0 Å². The van der Waals surface area contributed by atoms with Gasteiger partial charge in [0.25, 0.3) is 0 Å². The molecule has 0 saturated heterocycles. The van der Waals surface area contributed by atoms with Crippen LogP contribution in [0.1, 0.15) is 11.1 Å². The Balaban J connectivity index is 0.000000185. The van der Waals surface area contributed by atoms with Crippen molar-refractivity contribution in [2.75, 3.05) is 0 Å². The molecule has 0 bridgehead atoms. The van der Waals surface area contributed by atoms with Gasteiger partial charge >= 0.3 is 0 Å². The molecule has 3 aromatic rings. The van der Waals surface area contributed by atoms with E-state index in [-0.39, 0.29) is 26.2 Å². The Morgan fingerprint density at radius 2 is 1.68 bits per heavy atom. The van der Waals surface area contributed by atoms with Gasteiger partial charge in [-0.2, -0.15) is 12.1 Å². The molecule has 0 nitrogen and oxygen atoms in total. The van der Waals surface area contributed by atoms with E-state index in [4.69, 9.17) is 11.6 Å². The summed E-state index contributed by atoms with van der Waals surface area (Å²) in [7, 11) is 0. The maximum Gasteiger partial charge on any atom is 0.0474 e. The van der Waals surface area contributed by atoms with E-state index in [1.807, 2.05) is 30.3 Å². The van der Waals surface area contributed by atoms with Crippen LogP contribution in [0.15, 0.2) is 66.7 Å². The second-order valence-corrected chi connectivity index (χ2v) is 4.49. The van der Waals surface area contributed by atoms with Crippen LogP contribution in [0.2, 0.25) is 0 Å². The van der Waals surface area contributed by atoms with E-state index in [0.717, 1.165) is 0 Å². The number of hydrogen-bond acceptors (Lipinski definition) is 0. The second kappa shape index (κ2) is 8.41. The first kappa shape index (κ1) is 16.3. The summed E-state index contributed by atoms with van der Waals surface area (Å²) in [5.41, 5.74) is 2.54. The van der Waals surface area contributed by atoms with E-state index >= 15 is 0 Å².